The molecule has 1 N–H and O–H groups in total. The molecule has 2 aromatic rings. The van der Waals surface area contributed by atoms with Crippen molar-refractivity contribution in [3.8, 4) is 0 Å². The van der Waals surface area contributed by atoms with E-state index < -0.39 is 0 Å². The van der Waals surface area contributed by atoms with Gasteiger partial charge in [-0.15, -0.1) is 0 Å². The number of halogens is 1. The van der Waals surface area contributed by atoms with Gasteiger partial charge in [-0.2, -0.15) is 0 Å². The summed E-state index contributed by atoms with van der Waals surface area (Å²) in [4.78, 5) is 4.27. The molecule has 4 heteroatoms. The van der Waals surface area contributed by atoms with E-state index in [1.54, 1.807) is 0 Å². The van der Waals surface area contributed by atoms with Crippen LogP contribution in [0.2, 0.25) is 0 Å². The molecule has 0 saturated carbocycles. The molecule has 0 aliphatic heterocycles. The van der Waals surface area contributed by atoms with E-state index in [2.05, 4.69) is 27.6 Å². The molecule has 0 unspecified atom stereocenters. The predicted octanol–water partition coefficient (Wildman–Crippen LogP) is 1.43. The van der Waals surface area contributed by atoms with Crippen LogP contribution in [-0.2, 0) is 6.61 Å². The topological polar surface area (TPSA) is 37.5 Å². The van der Waals surface area contributed by atoms with Crippen LogP contribution in [0, 0.1) is 3.70 Å². The fraction of sp³-hybridized carbons (Fsp3) is 0.125. The van der Waals surface area contributed by atoms with Crippen molar-refractivity contribution in [1.29, 1.82) is 0 Å². The Morgan fingerprint density at radius 2 is 2.33 bits per heavy atom. The Morgan fingerprint density at radius 3 is 3.08 bits per heavy atom. The molecule has 62 valence electrons. The number of rotatable bonds is 1. The van der Waals surface area contributed by atoms with E-state index in [0.29, 0.717) is 0 Å². The third kappa shape index (κ3) is 1.11. The second kappa shape index (κ2) is 3.02. The molecule has 0 atom stereocenters. The third-order valence-electron chi connectivity index (χ3n) is 1.73. The molecule has 2 heterocycles. The number of imidazole rings is 1. The first kappa shape index (κ1) is 8.00. The van der Waals surface area contributed by atoms with Crippen molar-refractivity contribution < 1.29 is 5.11 Å². The van der Waals surface area contributed by atoms with Gasteiger partial charge in [0.2, 0.25) is 0 Å². The van der Waals surface area contributed by atoms with Gasteiger partial charge in [0, 0.05) is 6.20 Å². The number of hydrogen-bond acceptors (Lipinski definition) is 2. The highest BCUT2D eigenvalue weighted by Crippen LogP contribution is 2.13. The molecular formula is C8H7IN2O. The minimum Gasteiger partial charge on any atom is -0.390 e. The lowest BCUT2D eigenvalue weighted by atomic mass is 10.4. The van der Waals surface area contributed by atoms with Gasteiger partial charge in [0.05, 0.1) is 12.3 Å². The molecule has 0 amide bonds. The van der Waals surface area contributed by atoms with Crippen LogP contribution >= 0.6 is 22.6 Å². The largest absolute Gasteiger partial charge is 0.390 e. The highest BCUT2D eigenvalue weighted by atomic mass is 127. The van der Waals surface area contributed by atoms with E-state index in [4.69, 9.17) is 5.11 Å². The number of fused-ring (bicyclic) bond motifs is 1. The van der Waals surface area contributed by atoms with Crippen LogP contribution in [0.25, 0.3) is 5.65 Å². The first-order valence-corrected chi connectivity index (χ1v) is 4.63. The average Bonchev–Trinajstić information content (AvgIpc) is 2.40. The smallest absolute Gasteiger partial charge is 0.138 e. The van der Waals surface area contributed by atoms with Crippen LogP contribution in [0.4, 0.5) is 0 Å². The summed E-state index contributed by atoms with van der Waals surface area (Å²) >= 11 is 2.12. The maximum atomic E-state index is 9.04. The van der Waals surface area contributed by atoms with Gasteiger partial charge in [-0.05, 0) is 34.7 Å². The summed E-state index contributed by atoms with van der Waals surface area (Å²) in [5, 5.41) is 9.04. The molecule has 0 fully saturated rings. The highest BCUT2D eigenvalue weighted by molar-refractivity contribution is 14.1. The fourth-order valence-corrected chi connectivity index (χ4v) is 1.84. The zero-order chi connectivity index (χ0) is 8.55. The quantitative estimate of drug-likeness (QED) is 0.799. The van der Waals surface area contributed by atoms with E-state index >= 15 is 0 Å². The summed E-state index contributed by atoms with van der Waals surface area (Å²) in [6, 6.07) is 5.77. The summed E-state index contributed by atoms with van der Waals surface area (Å²) in [7, 11) is 0. The zero-order valence-electron chi connectivity index (χ0n) is 6.24. The van der Waals surface area contributed by atoms with Crippen LogP contribution in [0.15, 0.2) is 24.4 Å². The number of nitrogens with zero attached hydrogens (tertiary/aromatic N) is 2. The van der Waals surface area contributed by atoms with E-state index in [0.717, 1.165) is 15.0 Å². The van der Waals surface area contributed by atoms with Crippen molar-refractivity contribution in [3.63, 3.8) is 0 Å². The number of aromatic nitrogens is 2. The molecule has 0 bridgehead atoms. The molecule has 12 heavy (non-hydrogen) atoms. The standard InChI is InChI=1S/C8H7IN2O/c9-8-6(5-12)11-4-2-1-3-7(11)10-8/h1-4,12H,5H2. The first-order chi connectivity index (χ1) is 5.83. The molecule has 0 saturated heterocycles. The lowest BCUT2D eigenvalue weighted by Crippen LogP contribution is -1.92. The summed E-state index contributed by atoms with van der Waals surface area (Å²) < 4.78 is 2.75. The minimum absolute atomic E-state index is 0.0312. The monoisotopic (exact) mass is 274 g/mol. The molecule has 3 nitrogen and oxygen atoms in total. The predicted molar refractivity (Wildman–Crippen MR) is 53.8 cm³/mol. The van der Waals surface area contributed by atoms with E-state index in [1.807, 2.05) is 28.8 Å². The molecule has 0 aliphatic rings. The van der Waals surface area contributed by atoms with Gasteiger partial charge in [-0.25, -0.2) is 4.98 Å². The number of pyridine rings is 1. The summed E-state index contributed by atoms with van der Waals surface area (Å²) in [5.74, 6) is 0. The van der Waals surface area contributed by atoms with E-state index in [9.17, 15) is 0 Å². The zero-order valence-corrected chi connectivity index (χ0v) is 8.39. The van der Waals surface area contributed by atoms with Crippen LogP contribution in [-0.4, -0.2) is 14.5 Å². The number of hydrogen-bond donors (Lipinski definition) is 1. The number of aliphatic hydroxyl groups excluding tert-OH is 1. The maximum absolute atomic E-state index is 9.04. The summed E-state index contributed by atoms with van der Waals surface area (Å²) in [6.45, 7) is 0.0312. The Labute approximate surface area is 83.2 Å². The molecule has 0 aromatic carbocycles. The van der Waals surface area contributed by atoms with Crippen LogP contribution < -0.4 is 0 Å². The Morgan fingerprint density at radius 1 is 1.50 bits per heavy atom. The molecular weight excluding hydrogens is 267 g/mol. The Bertz CT molecular complexity index is 410. The van der Waals surface area contributed by atoms with Gasteiger partial charge in [0.25, 0.3) is 0 Å². The summed E-state index contributed by atoms with van der Waals surface area (Å²) in [6.07, 6.45) is 1.90. The van der Waals surface area contributed by atoms with Gasteiger partial charge in [-0.1, -0.05) is 6.07 Å². The second-order valence-electron chi connectivity index (χ2n) is 2.44. The molecule has 0 radical (unpaired) electrons. The van der Waals surface area contributed by atoms with E-state index in [1.165, 1.54) is 0 Å². The van der Waals surface area contributed by atoms with Crippen molar-refractivity contribution in [2.45, 2.75) is 6.61 Å². The van der Waals surface area contributed by atoms with Crippen LogP contribution in [0.3, 0.4) is 0 Å². The lowest BCUT2D eigenvalue weighted by molar-refractivity contribution is 0.275. The Hall–Kier alpha value is -0.620. The Balaban J connectivity index is 2.81. The molecule has 0 spiro atoms. The van der Waals surface area contributed by atoms with Gasteiger partial charge in [-0.3, -0.25) is 0 Å². The first-order valence-electron chi connectivity index (χ1n) is 3.55. The fourth-order valence-electron chi connectivity index (χ4n) is 1.16. The minimum atomic E-state index is 0.0312. The van der Waals surface area contributed by atoms with Crippen molar-refractivity contribution in [2.24, 2.45) is 0 Å². The van der Waals surface area contributed by atoms with Gasteiger partial charge >= 0.3 is 0 Å². The SMILES string of the molecule is OCc1c(I)nc2ccccn12. The normalized spacial score (nSPS) is 10.8. The van der Waals surface area contributed by atoms with Gasteiger partial charge in [0.1, 0.15) is 9.35 Å². The van der Waals surface area contributed by atoms with Crippen LogP contribution in [0.5, 0.6) is 0 Å². The Kier molecular flexibility index (Phi) is 2.02. The van der Waals surface area contributed by atoms with Crippen LogP contribution in [0.1, 0.15) is 5.69 Å². The van der Waals surface area contributed by atoms with Gasteiger partial charge in [0.15, 0.2) is 0 Å². The molecule has 0 aliphatic carbocycles. The van der Waals surface area contributed by atoms with Crippen molar-refractivity contribution >= 4 is 28.2 Å². The number of aliphatic hydroxyl groups is 1. The molecule has 2 aromatic heterocycles. The van der Waals surface area contributed by atoms with E-state index in [-0.39, 0.29) is 6.61 Å². The second-order valence-corrected chi connectivity index (χ2v) is 3.46. The molecule has 2 rings (SSSR count). The summed E-state index contributed by atoms with van der Waals surface area (Å²) in [5.41, 5.74) is 1.73. The van der Waals surface area contributed by atoms with Crippen molar-refractivity contribution in [2.75, 3.05) is 0 Å². The average molecular weight is 274 g/mol. The third-order valence-corrected chi connectivity index (χ3v) is 2.59. The highest BCUT2D eigenvalue weighted by Gasteiger charge is 2.06. The lowest BCUT2D eigenvalue weighted by Gasteiger charge is -1.95. The van der Waals surface area contributed by atoms with Crippen molar-refractivity contribution in [3.05, 3.63) is 33.8 Å². The van der Waals surface area contributed by atoms with Gasteiger partial charge < -0.3 is 9.51 Å². The maximum Gasteiger partial charge on any atom is 0.138 e. The van der Waals surface area contributed by atoms with Crippen molar-refractivity contribution in [1.82, 2.24) is 9.38 Å².